The van der Waals surface area contributed by atoms with Gasteiger partial charge in [0.05, 0.1) is 6.04 Å². The monoisotopic (exact) mass is 284 g/mol. The van der Waals surface area contributed by atoms with Crippen molar-refractivity contribution in [2.24, 2.45) is 0 Å². The number of hydrogen-bond acceptors (Lipinski definition) is 4. The molecule has 1 radical (unpaired) electrons. The second-order valence-electron chi connectivity index (χ2n) is 5.19. The third-order valence-corrected chi connectivity index (χ3v) is 4.57. The fraction of sp³-hybridized carbons (Fsp3) is 0.846. The molecule has 0 aromatic heterocycles. The van der Waals surface area contributed by atoms with E-state index in [0.29, 0.717) is 19.5 Å². The van der Waals surface area contributed by atoms with E-state index in [0.717, 1.165) is 25.0 Å². The van der Waals surface area contributed by atoms with Gasteiger partial charge in [-0.1, -0.05) is 6.92 Å². The van der Waals surface area contributed by atoms with E-state index in [-0.39, 0.29) is 17.9 Å². The van der Waals surface area contributed by atoms with Gasteiger partial charge in [0.1, 0.15) is 5.66 Å². The summed E-state index contributed by atoms with van der Waals surface area (Å²) >= 11 is 1.75. The Morgan fingerprint density at radius 3 is 2.79 bits per heavy atom. The largest absolute Gasteiger partial charge is 0.342 e. The maximum Gasteiger partial charge on any atom is 0.260 e. The maximum atomic E-state index is 11.9. The highest BCUT2D eigenvalue weighted by molar-refractivity contribution is 7.98. The summed E-state index contributed by atoms with van der Waals surface area (Å²) < 4.78 is 0. The first kappa shape index (κ1) is 14.7. The van der Waals surface area contributed by atoms with Crippen LogP contribution in [-0.2, 0) is 9.59 Å². The normalized spacial score (nSPS) is 25.7. The molecule has 2 amide bonds. The molecule has 19 heavy (non-hydrogen) atoms. The highest BCUT2D eigenvalue weighted by Crippen LogP contribution is 2.27. The number of carbonyl (C=O) groups excluding carboxylic acids is 2. The quantitative estimate of drug-likeness (QED) is 0.820. The molecule has 1 unspecified atom stereocenters. The number of carbonyl (C=O) groups is 2. The summed E-state index contributed by atoms with van der Waals surface area (Å²) in [5.74, 6) is 1.15. The van der Waals surface area contributed by atoms with E-state index in [4.69, 9.17) is 0 Å². The molecule has 1 spiro atoms. The lowest BCUT2D eigenvalue weighted by Gasteiger charge is -2.38. The smallest absolute Gasteiger partial charge is 0.260 e. The third-order valence-electron chi connectivity index (χ3n) is 3.92. The average Bonchev–Trinajstić information content (AvgIpc) is 2.72. The Hall–Kier alpha value is -0.750. The van der Waals surface area contributed by atoms with Crippen molar-refractivity contribution in [3.05, 3.63) is 0 Å². The van der Waals surface area contributed by atoms with Crippen LogP contribution in [-0.4, -0.2) is 53.5 Å². The fourth-order valence-electron chi connectivity index (χ4n) is 2.74. The predicted molar refractivity (Wildman–Crippen MR) is 75.9 cm³/mol. The minimum absolute atomic E-state index is 0.00989. The van der Waals surface area contributed by atoms with Crippen LogP contribution in [0.3, 0.4) is 0 Å². The second kappa shape index (κ2) is 6.13. The first-order valence-corrected chi connectivity index (χ1v) is 8.31. The molecule has 0 saturated carbocycles. The van der Waals surface area contributed by atoms with Gasteiger partial charge in [0.25, 0.3) is 5.91 Å². The fourth-order valence-corrected chi connectivity index (χ4v) is 3.22. The number of nitrogens with one attached hydrogen (secondary N) is 1. The van der Waals surface area contributed by atoms with Gasteiger partial charge in [-0.05, 0) is 18.4 Å². The summed E-state index contributed by atoms with van der Waals surface area (Å²) in [6.45, 7) is 3.28. The van der Waals surface area contributed by atoms with E-state index in [1.54, 1.807) is 11.8 Å². The summed E-state index contributed by atoms with van der Waals surface area (Å²) in [4.78, 5) is 25.4. The van der Waals surface area contributed by atoms with Crippen LogP contribution in [0.15, 0.2) is 0 Å². The summed E-state index contributed by atoms with van der Waals surface area (Å²) in [5, 5.41) is 7.74. The van der Waals surface area contributed by atoms with Gasteiger partial charge in [0.15, 0.2) is 0 Å². The van der Waals surface area contributed by atoms with E-state index in [1.807, 2.05) is 18.1 Å². The molecule has 0 bridgehead atoms. The van der Waals surface area contributed by atoms with Crippen molar-refractivity contribution in [2.45, 2.75) is 44.3 Å². The Kier molecular flexibility index (Phi) is 4.73. The van der Waals surface area contributed by atoms with Crippen LogP contribution in [0.25, 0.3) is 0 Å². The first-order valence-electron chi connectivity index (χ1n) is 6.91. The predicted octanol–water partition coefficient (Wildman–Crippen LogP) is 0.571. The number of thioether (sulfide) groups is 1. The van der Waals surface area contributed by atoms with Gasteiger partial charge in [0.2, 0.25) is 5.91 Å². The lowest BCUT2D eigenvalue weighted by Crippen LogP contribution is -2.56. The average molecular weight is 284 g/mol. The molecule has 5 nitrogen and oxygen atoms in total. The Bertz CT molecular complexity index is 354. The number of likely N-dealkylation sites (tertiary alicyclic amines) is 1. The Morgan fingerprint density at radius 2 is 2.21 bits per heavy atom. The Labute approximate surface area is 118 Å². The van der Waals surface area contributed by atoms with Crippen LogP contribution in [0, 0.1) is 0 Å². The number of hydrogen-bond donors (Lipinski definition) is 1. The van der Waals surface area contributed by atoms with Crippen molar-refractivity contribution in [3.8, 4) is 0 Å². The molecule has 1 N–H and O–H groups in total. The molecule has 2 heterocycles. The van der Waals surface area contributed by atoms with E-state index >= 15 is 0 Å². The number of piperidine rings is 1. The van der Waals surface area contributed by atoms with E-state index in [1.165, 1.54) is 0 Å². The van der Waals surface area contributed by atoms with Gasteiger partial charge in [-0.2, -0.15) is 11.8 Å². The molecule has 2 rings (SSSR count). The van der Waals surface area contributed by atoms with Gasteiger partial charge in [0, 0.05) is 32.4 Å². The van der Waals surface area contributed by atoms with E-state index in [9.17, 15) is 9.59 Å². The molecular weight excluding hydrogens is 262 g/mol. The van der Waals surface area contributed by atoms with Crippen molar-refractivity contribution in [1.82, 2.24) is 15.5 Å². The van der Waals surface area contributed by atoms with Gasteiger partial charge >= 0.3 is 0 Å². The first-order chi connectivity index (χ1) is 9.10. The lowest BCUT2D eigenvalue weighted by molar-refractivity contribution is -0.132. The molecule has 2 aliphatic rings. The summed E-state index contributed by atoms with van der Waals surface area (Å²) in [5.41, 5.74) is -0.398. The van der Waals surface area contributed by atoms with Crippen LogP contribution in [0.4, 0.5) is 0 Å². The van der Waals surface area contributed by atoms with Crippen LogP contribution in [0.2, 0.25) is 0 Å². The van der Waals surface area contributed by atoms with Crippen LogP contribution in [0.5, 0.6) is 0 Å². The zero-order valence-corrected chi connectivity index (χ0v) is 12.5. The zero-order chi connectivity index (χ0) is 13.9. The highest BCUT2D eigenvalue weighted by atomic mass is 32.2. The number of rotatable bonds is 4. The number of nitrogens with zero attached hydrogens (tertiary/aromatic N) is 2. The Balaban J connectivity index is 1.89. The number of amides is 2. The molecule has 0 aliphatic carbocycles. The molecule has 2 saturated heterocycles. The topological polar surface area (TPSA) is 63.5 Å². The van der Waals surface area contributed by atoms with Gasteiger partial charge < -0.3 is 4.90 Å². The molecule has 2 fully saturated rings. The molecule has 6 heteroatoms. The highest BCUT2D eigenvalue weighted by Gasteiger charge is 2.47. The van der Waals surface area contributed by atoms with Crippen molar-refractivity contribution in [2.75, 3.05) is 25.1 Å². The van der Waals surface area contributed by atoms with Crippen molar-refractivity contribution >= 4 is 23.6 Å². The Morgan fingerprint density at radius 1 is 1.53 bits per heavy atom. The van der Waals surface area contributed by atoms with Crippen molar-refractivity contribution in [3.63, 3.8) is 0 Å². The minimum atomic E-state index is -0.398. The summed E-state index contributed by atoms with van der Waals surface area (Å²) in [6.07, 6.45) is 4.93. The summed E-state index contributed by atoms with van der Waals surface area (Å²) in [7, 11) is 0. The minimum Gasteiger partial charge on any atom is -0.342 e. The lowest BCUT2D eigenvalue weighted by atomic mass is 9.97. The van der Waals surface area contributed by atoms with E-state index < -0.39 is 5.66 Å². The van der Waals surface area contributed by atoms with Crippen LogP contribution < -0.4 is 10.6 Å². The molecule has 0 aromatic rings. The SMILES string of the molecule is CCC(=O)N1CCC2(CC1)[N]C(=O)C(CCSC)N2. The maximum absolute atomic E-state index is 11.9. The van der Waals surface area contributed by atoms with Gasteiger partial charge in [-0.3, -0.25) is 14.9 Å². The van der Waals surface area contributed by atoms with Crippen LogP contribution >= 0.6 is 11.8 Å². The summed E-state index contributed by atoms with van der Waals surface area (Å²) in [6, 6.07) is -0.124. The third kappa shape index (κ3) is 3.23. The van der Waals surface area contributed by atoms with E-state index in [2.05, 4.69) is 10.6 Å². The molecule has 107 valence electrons. The molecule has 2 aliphatic heterocycles. The standard InChI is InChI=1S/C13H22N3O2S/c1-3-11(17)16-7-5-13(6-8-16)14-10(4-9-19-2)12(18)15-13/h10,14H,3-9H2,1-2H3. The van der Waals surface area contributed by atoms with Crippen molar-refractivity contribution < 1.29 is 9.59 Å². The molecule has 0 aromatic carbocycles. The second-order valence-corrected chi connectivity index (χ2v) is 6.18. The van der Waals surface area contributed by atoms with Crippen molar-refractivity contribution in [1.29, 1.82) is 0 Å². The van der Waals surface area contributed by atoms with Gasteiger partial charge in [-0.15, -0.1) is 0 Å². The van der Waals surface area contributed by atoms with Crippen LogP contribution in [0.1, 0.15) is 32.6 Å². The van der Waals surface area contributed by atoms with Gasteiger partial charge in [-0.25, -0.2) is 5.32 Å². The molecule has 1 atom stereocenters. The zero-order valence-electron chi connectivity index (χ0n) is 11.6. The molecular formula is C13H22N3O2S.